The highest BCUT2D eigenvalue weighted by Gasteiger charge is 2.46. The second-order valence-electron chi connectivity index (χ2n) is 2.98. The molecule has 2 nitrogen and oxygen atoms in total. The minimum atomic E-state index is -4.96. The maximum absolute atomic E-state index is 13.1. The normalized spacial score (nSPS) is 12.6. The molecule has 0 bridgehead atoms. The van der Waals surface area contributed by atoms with Crippen molar-refractivity contribution < 1.29 is 26.7 Å². The molecule has 88 valence electrons. The molecule has 0 fully saturated rings. The van der Waals surface area contributed by atoms with Crippen molar-refractivity contribution >= 4 is 5.91 Å². The lowest BCUT2D eigenvalue weighted by molar-refractivity contribution is -0.150. The number of hydrogen-bond acceptors (Lipinski definition) is 1. The van der Waals surface area contributed by atoms with Crippen LogP contribution in [0.2, 0.25) is 0 Å². The van der Waals surface area contributed by atoms with E-state index >= 15 is 0 Å². The van der Waals surface area contributed by atoms with Crippen molar-refractivity contribution in [3.05, 3.63) is 35.4 Å². The lowest BCUT2D eigenvalue weighted by Crippen LogP contribution is -2.34. The second kappa shape index (κ2) is 3.73. The van der Waals surface area contributed by atoms with Crippen molar-refractivity contribution in [1.82, 2.24) is 0 Å². The Balaban J connectivity index is 3.41. The summed E-state index contributed by atoms with van der Waals surface area (Å²) in [7, 11) is 0. The molecule has 0 aliphatic carbocycles. The van der Waals surface area contributed by atoms with Gasteiger partial charge >= 0.3 is 12.1 Å². The number of primary amides is 1. The Morgan fingerprint density at radius 2 is 1.44 bits per heavy atom. The molecule has 0 aliphatic rings. The summed E-state index contributed by atoms with van der Waals surface area (Å²) < 4.78 is 63.3. The molecule has 7 heteroatoms. The Morgan fingerprint density at radius 3 is 1.81 bits per heavy atom. The van der Waals surface area contributed by atoms with Gasteiger partial charge in [0.15, 0.2) is 0 Å². The Labute approximate surface area is 86.9 Å². The quantitative estimate of drug-likeness (QED) is 0.790. The van der Waals surface area contributed by atoms with Crippen LogP contribution in [0, 0.1) is 0 Å². The maximum atomic E-state index is 13.1. The molecule has 0 unspecified atom stereocenters. The van der Waals surface area contributed by atoms with E-state index < -0.39 is 29.1 Å². The molecule has 1 rings (SSSR count). The van der Waals surface area contributed by atoms with Crippen molar-refractivity contribution in [3.8, 4) is 0 Å². The fourth-order valence-corrected chi connectivity index (χ4v) is 1.14. The summed E-state index contributed by atoms with van der Waals surface area (Å²) in [6.45, 7) is 0. The fourth-order valence-electron chi connectivity index (χ4n) is 1.14. The van der Waals surface area contributed by atoms with Crippen LogP contribution >= 0.6 is 0 Å². The van der Waals surface area contributed by atoms with Crippen LogP contribution in [0.3, 0.4) is 0 Å². The van der Waals surface area contributed by atoms with E-state index in [1.54, 1.807) is 0 Å². The molecule has 0 aromatic heterocycles. The molecule has 0 saturated heterocycles. The number of halogens is 5. The summed E-state index contributed by atoms with van der Waals surface area (Å²) >= 11 is 0. The first-order valence-corrected chi connectivity index (χ1v) is 4.02. The maximum Gasteiger partial charge on any atom is 0.416 e. The van der Waals surface area contributed by atoms with Crippen molar-refractivity contribution in [2.45, 2.75) is 12.1 Å². The van der Waals surface area contributed by atoms with Crippen LogP contribution in [0.25, 0.3) is 0 Å². The Kier molecular flexibility index (Phi) is 2.89. The Hall–Kier alpha value is -1.66. The first kappa shape index (κ1) is 12.4. The average molecular weight is 239 g/mol. The molecule has 0 radical (unpaired) electrons. The van der Waals surface area contributed by atoms with Gasteiger partial charge in [0.1, 0.15) is 0 Å². The predicted molar refractivity (Wildman–Crippen MR) is 44.5 cm³/mol. The number of alkyl halides is 5. The number of hydrogen-bond donors (Lipinski definition) is 1. The summed E-state index contributed by atoms with van der Waals surface area (Å²) in [5, 5.41) is 0. The van der Waals surface area contributed by atoms with Crippen LogP contribution in [0.15, 0.2) is 24.3 Å². The van der Waals surface area contributed by atoms with Gasteiger partial charge in [-0.15, -0.1) is 0 Å². The molecule has 0 heterocycles. The first-order valence-electron chi connectivity index (χ1n) is 4.02. The van der Waals surface area contributed by atoms with E-state index in [0.29, 0.717) is 12.1 Å². The number of benzene rings is 1. The van der Waals surface area contributed by atoms with Crippen molar-refractivity contribution in [2.75, 3.05) is 0 Å². The van der Waals surface area contributed by atoms with Gasteiger partial charge in [-0.2, -0.15) is 22.0 Å². The number of amides is 1. The highest BCUT2D eigenvalue weighted by molar-refractivity contribution is 5.83. The van der Waals surface area contributed by atoms with E-state index in [0.717, 1.165) is 12.1 Å². The minimum absolute atomic E-state index is 0.464. The topological polar surface area (TPSA) is 43.1 Å². The van der Waals surface area contributed by atoms with E-state index in [2.05, 4.69) is 5.73 Å². The first-order chi connectivity index (χ1) is 7.17. The Morgan fingerprint density at radius 1 is 1.00 bits per heavy atom. The smallest absolute Gasteiger partial charge is 0.364 e. The molecule has 0 spiro atoms. The lowest BCUT2D eigenvalue weighted by Gasteiger charge is -2.18. The molecule has 0 atom stereocenters. The van der Waals surface area contributed by atoms with Gasteiger partial charge in [0.25, 0.3) is 5.91 Å². The van der Waals surface area contributed by atoms with Crippen LogP contribution in [0.4, 0.5) is 22.0 Å². The van der Waals surface area contributed by atoms with E-state index in [1.807, 2.05) is 0 Å². The molecule has 1 aromatic rings. The summed E-state index contributed by atoms with van der Waals surface area (Å²) in [6, 6.07) is 2.91. The molecular formula is C9H6F5NO. The molecule has 0 saturated carbocycles. The van der Waals surface area contributed by atoms with Gasteiger partial charge in [0, 0.05) is 5.56 Å². The van der Waals surface area contributed by atoms with Crippen LogP contribution in [0.5, 0.6) is 0 Å². The van der Waals surface area contributed by atoms with E-state index in [4.69, 9.17) is 0 Å². The van der Waals surface area contributed by atoms with Crippen LogP contribution in [-0.4, -0.2) is 5.91 Å². The monoisotopic (exact) mass is 239 g/mol. The van der Waals surface area contributed by atoms with Gasteiger partial charge in [-0.05, 0) is 6.07 Å². The summed E-state index contributed by atoms with van der Waals surface area (Å²) in [5.74, 6) is -6.46. The highest BCUT2D eigenvalue weighted by Crippen LogP contribution is 2.38. The molecule has 16 heavy (non-hydrogen) atoms. The van der Waals surface area contributed by atoms with Crippen LogP contribution < -0.4 is 5.73 Å². The van der Waals surface area contributed by atoms with Gasteiger partial charge in [-0.1, -0.05) is 18.2 Å². The SMILES string of the molecule is NC(=O)C(F)(F)c1ccccc1C(F)(F)F. The van der Waals surface area contributed by atoms with Crippen molar-refractivity contribution in [3.63, 3.8) is 0 Å². The average Bonchev–Trinajstić information content (AvgIpc) is 2.16. The molecular weight excluding hydrogens is 233 g/mol. The number of nitrogens with two attached hydrogens (primary N) is 1. The zero-order valence-corrected chi connectivity index (χ0v) is 7.68. The van der Waals surface area contributed by atoms with Gasteiger partial charge in [-0.25, -0.2) is 0 Å². The zero-order chi connectivity index (χ0) is 12.6. The summed E-state index contributed by atoms with van der Waals surface area (Å²) in [5.41, 5.74) is 1.35. The van der Waals surface area contributed by atoms with E-state index in [1.165, 1.54) is 0 Å². The highest BCUT2D eigenvalue weighted by atomic mass is 19.4. The van der Waals surface area contributed by atoms with Gasteiger partial charge < -0.3 is 5.73 Å². The zero-order valence-electron chi connectivity index (χ0n) is 7.68. The number of carbonyl (C=O) groups excluding carboxylic acids is 1. The summed E-state index contributed by atoms with van der Waals surface area (Å²) in [6.07, 6.45) is -4.96. The molecule has 1 amide bonds. The molecule has 2 N–H and O–H groups in total. The minimum Gasteiger partial charge on any atom is -0.364 e. The van der Waals surface area contributed by atoms with Crippen LogP contribution in [0.1, 0.15) is 11.1 Å². The molecule has 0 aliphatic heterocycles. The van der Waals surface area contributed by atoms with Crippen LogP contribution in [-0.2, 0) is 16.9 Å². The Bertz CT molecular complexity index is 413. The predicted octanol–water partition coefficient (Wildman–Crippen LogP) is 2.28. The third-order valence-corrected chi connectivity index (χ3v) is 1.88. The van der Waals surface area contributed by atoms with Gasteiger partial charge in [-0.3, -0.25) is 4.79 Å². The summed E-state index contributed by atoms with van der Waals surface area (Å²) in [4.78, 5) is 10.4. The second-order valence-corrected chi connectivity index (χ2v) is 2.98. The van der Waals surface area contributed by atoms with Gasteiger partial charge in [0.2, 0.25) is 0 Å². The lowest BCUT2D eigenvalue weighted by atomic mass is 10.0. The fraction of sp³-hybridized carbons (Fsp3) is 0.222. The number of rotatable bonds is 2. The number of carbonyl (C=O) groups is 1. The largest absolute Gasteiger partial charge is 0.416 e. The van der Waals surface area contributed by atoms with Crippen molar-refractivity contribution in [2.24, 2.45) is 5.73 Å². The van der Waals surface area contributed by atoms with Gasteiger partial charge in [0.05, 0.1) is 5.56 Å². The molecule has 1 aromatic carbocycles. The third-order valence-electron chi connectivity index (χ3n) is 1.88. The van der Waals surface area contributed by atoms with E-state index in [9.17, 15) is 26.7 Å². The third kappa shape index (κ3) is 2.12. The van der Waals surface area contributed by atoms with Crippen molar-refractivity contribution in [1.29, 1.82) is 0 Å². The standard InChI is InChI=1S/C9H6F5NO/c10-8(11,7(15)16)5-3-1-2-4-6(5)9(12,13)14/h1-4H,(H2,15,16). The van der Waals surface area contributed by atoms with E-state index in [-0.39, 0.29) is 0 Å².